The number of rotatable bonds is 2. The summed E-state index contributed by atoms with van der Waals surface area (Å²) in [5, 5.41) is 3.35. The van der Waals surface area contributed by atoms with Crippen LogP contribution in [0.4, 0.5) is 0 Å². The molecule has 74 valence electrons. The van der Waals surface area contributed by atoms with Crippen LogP contribution in [-0.2, 0) is 6.42 Å². The quantitative estimate of drug-likeness (QED) is 0.794. The first-order valence-electron chi connectivity index (χ1n) is 4.50. The molecule has 0 saturated heterocycles. The van der Waals surface area contributed by atoms with E-state index >= 15 is 0 Å². The molecular weight excluding hydrogens is 260 g/mol. The van der Waals surface area contributed by atoms with E-state index < -0.39 is 0 Å². The molecule has 0 spiro atoms. The third-order valence-corrected chi connectivity index (χ3v) is 3.96. The topological polar surface area (TPSA) is 9.23 Å². The first-order valence-corrected chi connectivity index (χ1v) is 6.17. The van der Waals surface area contributed by atoms with E-state index in [9.17, 15) is 0 Å². The third-order valence-electron chi connectivity index (χ3n) is 2.31. The van der Waals surface area contributed by atoms with Gasteiger partial charge in [0.1, 0.15) is 5.75 Å². The molecule has 2 rings (SSSR count). The number of benzene rings is 1. The van der Waals surface area contributed by atoms with Crippen LogP contribution >= 0.6 is 27.3 Å². The predicted molar refractivity (Wildman–Crippen MR) is 65.5 cm³/mol. The van der Waals surface area contributed by atoms with Gasteiger partial charge in [-0.1, -0.05) is 6.92 Å². The van der Waals surface area contributed by atoms with Crippen LogP contribution in [-0.4, -0.2) is 7.11 Å². The molecule has 0 saturated carbocycles. The molecule has 0 aliphatic carbocycles. The Morgan fingerprint density at radius 2 is 2.29 bits per heavy atom. The second-order valence-corrected chi connectivity index (χ2v) is 4.81. The summed E-state index contributed by atoms with van der Waals surface area (Å²) in [4.78, 5) is 0. The normalized spacial score (nSPS) is 10.8. The Bertz CT molecular complexity index is 462. The molecule has 0 amide bonds. The van der Waals surface area contributed by atoms with Crippen LogP contribution in [0.2, 0.25) is 0 Å². The molecule has 14 heavy (non-hydrogen) atoms. The fraction of sp³-hybridized carbons (Fsp3) is 0.273. The Kier molecular flexibility index (Phi) is 2.79. The second-order valence-electron chi connectivity index (χ2n) is 3.07. The zero-order valence-corrected chi connectivity index (χ0v) is 10.5. The third kappa shape index (κ3) is 1.44. The molecule has 1 nitrogen and oxygen atoms in total. The summed E-state index contributed by atoms with van der Waals surface area (Å²) in [6.45, 7) is 2.14. The molecule has 1 aromatic carbocycles. The van der Waals surface area contributed by atoms with Gasteiger partial charge in [0.15, 0.2) is 0 Å². The maximum Gasteiger partial charge on any atom is 0.136 e. The summed E-state index contributed by atoms with van der Waals surface area (Å²) in [6, 6.07) is 4.33. The fourth-order valence-electron chi connectivity index (χ4n) is 1.58. The SMILES string of the molecule is CCc1cc2sccc2c(Br)c1OC. The van der Waals surface area contributed by atoms with Crippen molar-refractivity contribution in [1.82, 2.24) is 0 Å². The number of halogens is 1. The Morgan fingerprint density at radius 3 is 2.93 bits per heavy atom. The Morgan fingerprint density at radius 1 is 1.50 bits per heavy atom. The molecule has 0 aliphatic rings. The highest BCUT2D eigenvalue weighted by Gasteiger charge is 2.11. The van der Waals surface area contributed by atoms with Crippen molar-refractivity contribution in [2.75, 3.05) is 7.11 Å². The van der Waals surface area contributed by atoms with Crippen molar-refractivity contribution in [2.24, 2.45) is 0 Å². The van der Waals surface area contributed by atoms with Gasteiger partial charge < -0.3 is 4.74 Å². The highest BCUT2D eigenvalue weighted by Crippen LogP contribution is 2.38. The zero-order valence-electron chi connectivity index (χ0n) is 8.13. The highest BCUT2D eigenvalue weighted by molar-refractivity contribution is 9.10. The monoisotopic (exact) mass is 270 g/mol. The Balaban J connectivity index is 2.79. The lowest BCUT2D eigenvalue weighted by Gasteiger charge is -2.09. The fourth-order valence-corrected chi connectivity index (χ4v) is 3.34. The van der Waals surface area contributed by atoms with E-state index in [0.29, 0.717) is 0 Å². The molecule has 0 N–H and O–H groups in total. The highest BCUT2D eigenvalue weighted by atomic mass is 79.9. The van der Waals surface area contributed by atoms with Crippen LogP contribution in [0.25, 0.3) is 10.1 Å². The van der Waals surface area contributed by atoms with Gasteiger partial charge in [0.2, 0.25) is 0 Å². The van der Waals surface area contributed by atoms with E-state index in [4.69, 9.17) is 4.74 Å². The van der Waals surface area contributed by atoms with Crippen LogP contribution in [0.3, 0.4) is 0 Å². The maximum absolute atomic E-state index is 5.40. The van der Waals surface area contributed by atoms with Crippen LogP contribution in [0.5, 0.6) is 5.75 Å². The van der Waals surface area contributed by atoms with Crippen molar-refractivity contribution >= 4 is 37.4 Å². The van der Waals surface area contributed by atoms with Gasteiger partial charge in [-0.05, 0) is 45.4 Å². The number of hydrogen-bond donors (Lipinski definition) is 0. The smallest absolute Gasteiger partial charge is 0.136 e. The minimum absolute atomic E-state index is 0.971. The van der Waals surface area contributed by atoms with E-state index in [2.05, 4.69) is 40.4 Å². The van der Waals surface area contributed by atoms with Crippen molar-refractivity contribution in [2.45, 2.75) is 13.3 Å². The molecule has 0 fully saturated rings. The Hall–Kier alpha value is -0.540. The summed E-state index contributed by atoms with van der Waals surface area (Å²) in [5.74, 6) is 0.971. The van der Waals surface area contributed by atoms with E-state index in [1.54, 1.807) is 18.4 Å². The number of aryl methyl sites for hydroxylation is 1. The largest absolute Gasteiger partial charge is 0.495 e. The van der Waals surface area contributed by atoms with Gasteiger partial charge in [-0.3, -0.25) is 0 Å². The summed E-state index contributed by atoms with van der Waals surface area (Å²) in [5.41, 5.74) is 1.26. The van der Waals surface area contributed by atoms with Crippen molar-refractivity contribution < 1.29 is 4.74 Å². The number of hydrogen-bond acceptors (Lipinski definition) is 2. The van der Waals surface area contributed by atoms with Crippen LogP contribution in [0.1, 0.15) is 12.5 Å². The average molecular weight is 271 g/mol. The van der Waals surface area contributed by atoms with E-state index in [1.807, 2.05) is 0 Å². The number of ether oxygens (including phenoxy) is 1. The molecule has 1 heterocycles. The molecule has 0 unspecified atom stereocenters. The van der Waals surface area contributed by atoms with Crippen molar-refractivity contribution in [3.05, 3.63) is 27.5 Å². The van der Waals surface area contributed by atoms with Gasteiger partial charge in [0, 0.05) is 10.1 Å². The number of thiophene rings is 1. The van der Waals surface area contributed by atoms with Crippen LogP contribution < -0.4 is 4.74 Å². The van der Waals surface area contributed by atoms with E-state index in [1.165, 1.54) is 15.6 Å². The molecule has 1 aromatic heterocycles. The molecule has 3 heteroatoms. The summed E-state index contributed by atoms with van der Waals surface area (Å²) in [6.07, 6.45) is 0.996. The lowest BCUT2D eigenvalue weighted by Crippen LogP contribution is -1.91. The number of fused-ring (bicyclic) bond motifs is 1. The van der Waals surface area contributed by atoms with Crippen LogP contribution in [0, 0.1) is 0 Å². The van der Waals surface area contributed by atoms with Gasteiger partial charge >= 0.3 is 0 Å². The van der Waals surface area contributed by atoms with Crippen molar-refractivity contribution in [1.29, 1.82) is 0 Å². The molecule has 0 atom stereocenters. The minimum Gasteiger partial charge on any atom is -0.495 e. The maximum atomic E-state index is 5.40. The minimum atomic E-state index is 0.971. The van der Waals surface area contributed by atoms with E-state index in [0.717, 1.165) is 16.6 Å². The molecular formula is C11H11BrOS. The molecule has 0 aliphatic heterocycles. The molecule has 0 radical (unpaired) electrons. The van der Waals surface area contributed by atoms with E-state index in [-0.39, 0.29) is 0 Å². The summed E-state index contributed by atoms with van der Waals surface area (Å²) >= 11 is 5.36. The van der Waals surface area contributed by atoms with Gasteiger partial charge in [-0.2, -0.15) is 0 Å². The average Bonchev–Trinajstić information content (AvgIpc) is 2.65. The lowest BCUT2D eigenvalue weighted by molar-refractivity contribution is 0.408. The summed E-state index contributed by atoms with van der Waals surface area (Å²) in [7, 11) is 1.72. The standard InChI is InChI=1S/C11H11BrOS/c1-3-7-6-9-8(4-5-14-9)10(12)11(7)13-2/h4-6H,3H2,1-2H3. The van der Waals surface area contributed by atoms with Gasteiger partial charge in [-0.15, -0.1) is 11.3 Å². The number of methoxy groups -OCH3 is 1. The molecule has 0 bridgehead atoms. The first-order chi connectivity index (χ1) is 6.77. The first kappa shape index (κ1) is 9.99. The lowest BCUT2D eigenvalue weighted by atomic mass is 10.1. The van der Waals surface area contributed by atoms with Crippen LogP contribution in [0.15, 0.2) is 22.0 Å². The predicted octanol–water partition coefficient (Wildman–Crippen LogP) is 4.23. The summed E-state index contributed by atoms with van der Waals surface area (Å²) < 4.78 is 7.80. The van der Waals surface area contributed by atoms with Gasteiger partial charge in [-0.25, -0.2) is 0 Å². The van der Waals surface area contributed by atoms with Gasteiger partial charge in [0.25, 0.3) is 0 Å². The van der Waals surface area contributed by atoms with Crippen molar-refractivity contribution in [3.8, 4) is 5.75 Å². The van der Waals surface area contributed by atoms with Crippen molar-refractivity contribution in [3.63, 3.8) is 0 Å². The Labute approximate surface area is 95.8 Å². The second kappa shape index (κ2) is 3.91. The zero-order chi connectivity index (χ0) is 10.1. The van der Waals surface area contributed by atoms with Gasteiger partial charge in [0.05, 0.1) is 11.6 Å². The molecule has 2 aromatic rings.